The number of hydrogen-bond acceptors (Lipinski definition) is 8. The second-order valence-electron chi connectivity index (χ2n) is 7.78. The van der Waals surface area contributed by atoms with Gasteiger partial charge in [0.2, 0.25) is 0 Å². The summed E-state index contributed by atoms with van der Waals surface area (Å²) >= 11 is 13.1. The van der Waals surface area contributed by atoms with E-state index in [1.54, 1.807) is 18.2 Å². The molecule has 0 aromatic heterocycles. The number of nitro benzene ring substituents is 1. The van der Waals surface area contributed by atoms with E-state index >= 15 is 0 Å². The molecule has 1 fully saturated rings. The Labute approximate surface area is 225 Å². The minimum Gasteiger partial charge on any atom is -0.379 e. The first-order chi connectivity index (χ1) is 17.5. The Hall–Kier alpha value is -3.38. The van der Waals surface area contributed by atoms with Crippen LogP contribution < -0.4 is 4.18 Å². The number of carbonyl (C=O) groups excluding carboxylic acids is 2. The first-order valence-corrected chi connectivity index (χ1v) is 13.4. The number of nitro groups is 1. The Morgan fingerprint density at radius 3 is 2.32 bits per heavy atom. The number of benzene rings is 3. The van der Waals surface area contributed by atoms with Crippen LogP contribution in [0.2, 0.25) is 10.0 Å². The van der Waals surface area contributed by atoms with Gasteiger partial charge < -0.3 is 4.18 Å². The highest BCUT2D eigenvalue weighted by atomic mass is 35.5. The molecule has 0 atom stereocenters. The van der Waals surface area contributed by atoms with E-state index in [2.05, 4.69) is 0 Å². The molecule has 13 heteroatoms. The zero-order chi connectivity index (χ0) is 26.9. The molecule has 0 aliphatic carbocycles. The zero-order valence-corrected chi connectivity index (χ0v) is 22.0. The molecule has 0 spiro atoms. The number of halogens is 2. The van der Waals surface area contributed by atoms with Crippen molar-refractivity contribution in [3.05, 3.63) is 102 Å². The molecule has 1 aliphatic heterocycles. The van der Waals surface area contributed by atoms with Crippen LogP contribution in [0.1, 0.15) is 16.7 Å². The monoisotopic (exact) mass is 578 g/mol. The maximum Gasteiger partial charge on any atom is 0.339 e. The third-order valence-electron chi connectivity index (χ3n) is 5.30. The van der Waals surface area contributed by atoms with Crippen molar-refractivity contribution in [3.8, 4) is 5.75 Å². The molecule has 0 radical (unpaired) electrons. The van der Waals surface area contributed by atoms with Gasteiger partial charge in [0.05, 0.1) is 16.4 Å². The Bertz CT molecular complexity index is 1550. The first kappa shape index (κ1) is 26.7. The lowest BCUT2D eigenvalue weighted by atomic mass is 10.2. The quantitative estimate of drug-likeness (QED) is 0.140. The lowest BCUT2D eigenvalue weighted by molar-refractivity contribution is -0.385. The summed E-state index contributed by atoms with van der Waals surface area (Å²) < 4.78 is 30.3. The minimum atomic E-state index is -4.33. The number of carbonyl (C=O) groups is 2. The molecule has 1 saturated heterocycles. The molecule has 0 bridgehead atoms. The highest BCUT2D eigenvalue weighted by molar-refractivity contribution is 8.18. The summed E-state index contributed by atoms with van der Waals surface area (Å²) in [5, 5.41) is 11.3. The van der Waals surface area contributed by atoms with E-state index in [9.17, 15) is 28.1 Å². The highest BCUT2D eigenvalue weighted by Crippen LogP contribution is 2.36. The van der Waals surface area contributed by atoms with Crippen molar-refractivity contribution in [2.24, 2.45) is 0 Å². The summed E-state index contributed by atoms with van der Waals surface area (Å²) in [6.45, 7) is 1.41. The number of thioether (sulfide) groups is 1. The summed E-state index contributed by atoms with van der Waals surface area (Å²) in [7, 11) is -4.33. The number of rotatable bonds is 7. The van der Waals surface area contributed by atoms with Gasteiger partial charge in [0.15, 0.2) is 0 Å². The van der Waals surface area contributed by atoms with Crippen LogP contribution in [-0.2, 0) is 21.5 Å². The molecular weight excluding hydrogens is 563 g/mol. The van der Waals surface area contributed by atoms with Gasteiger partial charge in [-0.2, -0.15) is 8.42 Å². The van der Waals surface area contributed by atoms with Crippen molar-refractivity contribution in [1.29, 1.82) is 0 Å². The predicted octanol–water partition coefficient (Wildman–Crippen LogP) is 6.21. The fourth-order valence-electron chi connectivity index (χ4n) is 3.36. The van der Waals surface area contributed by atoms with E-state index in [-0.39, 0.29) is 27.8 Å². The largest absolute Gasteiger partial charge is 0.379 e. The Morgan fingerprint density at radius 2 is 1.70 bits per heavy atom. The van der Waals surface area contributed by atoms with Crippen LogP contribution in [-0.4, -0.2) is 29.4 Å². The molecule has 3 aromatic rings. The average molecular weight is 579 g/mol. The highest BCUT2D eigenvalue weighted by Gasteiger charge is 2.35. The molecule has 37 heavy (non-hydrogen) atoms. The molecule has 1 heterocycles. The van der Waals surface area contributed by atoms with Crippen molar-refractivity contribution in [2.75, 3.05) is 0 Å². The van der Waals surface area contributed by atoms with Gasteiger partial charge >= 0.3 is 10.1 Å². The SMILES string of the molecule is Cc1ccc(S(=O)(=O)Oc2ccc(/C=C3\SC(=O)N(Cc4c(Cl)cccc4Cl)C3=O)cc2)cc1[N+](=O)[O-]. The van der Waals surface area contributed by atoms with Gasteiger partial charge in [0.25, 0.3) is 16.8 Å². The average Bonchev–Trinajstić information content (AvgIpc) is 3.09. The molecular formula is C24H16Cl2N2O7S2. The maximum atomic E-state index is 12.8. The van der Waals surface area contributed by atoms with Gasteiger partial charge in [0, 0.05) is 27.2 Å². The Morgan fingerprint density at radius 1 is 1.05 bits per heavy atom. The van der Waals surface area contributed by atoms with E-state index in [0.717, 1.165) is 22.7 Å². The van der Waals surface area contributed by atoms with E-state index in [4.69, 9.17) is 27.4 Å². The zero-order valence-electron chi connectivity index (χ0n) is 18.9. The molecule has 190 valence electrons. The number of aryl methyl sites for hydroxylation is 1. The van der Waals surface area contributed by atoms with Gasteiger partial charge in [-0.15, -0.1) is 0 Å². The molecule has 9 nitrogen and oxygen atoms in total. The van der Waals surface area contributed by atoms with Crippen LogP contribution >= 0.6 is 35.0 Å². The van der Waals surface area contributed by atoms with Gasteiger partial charge in [0.1, 0.15) is 10.6 Å². The second kappa shape index (κ2) is 10.5. The number of hydrogen-bond donors (Lipinski definition) is 0. The Balaban J connectivity index is 1.50. The third kappa shape index (κ3) is 5.80. The van der Waals surface area contributed by atoms with Crippen LogP contribution in [0, 0.1) is 17.0 Å². The van der Waals surface area contributed by atoms with Gasteiger partial charge in [-0.25, -0.2) is 0 Å². The lowest BCUT2D eigenvalue weighted by Crippen LogP contribution is -2.27. The summed E-state index contributed by atoms with van der Waals surface area (Å²) in [5.74, 6) is -0.559. The van der Waals surface area contributed by atoms with Crippen molar-refractivity contribution in [3.63, 3.8) is 0 Å². The van der Waals surface area contributed by atoms with E-state index in [1.807, 2.05) is 0 Å². The normalized spacial score (nSPS) is 14.9. The van der Waals surface area contributed by atoms with Gasteiger partial charge in [-0.3, -0.25) is 24.6 Å². The van der Waals surface area contributed by atoms with Crippen molar-refractivity contribution in [1.82, 2.24) is 4.90 Å². The van der Waals surface area contributed by atoms with Gasteiger partial charge in [-0.05, 0) is 60.7 Å². The van der Waals surface area contributed by atoms with Crippen LogP contribution in [0.25, 0.3) is 6.08 Å². The molecule has 4 rings (SSSR count). The van der Waals surface area contributed by atoms with Crippen molar-refractivity contribution >= 4 is 68.0 Å². The fourth-order valence-corrected chi connectivity index (χ4v) is 5.67. The van der Waals surface area contributed by atoms with Crippen LogP contribution in [0.5, 0.6) is 5.75 Å². The molecule has 3 aromatic carbocycles. The van der Waals surface area contributed by atoms with E-state index < -0.39 is 26.2 Å². The number of amides is 2. The summed E-state index contributed by atoms with van der Waals surface area (Å²) in [6, 6.07) is 14.1. The van der Waals surface area contributed by atoms with Crippen LogP contribution in [0.4, 0.5) is 10.5 Å². The number of nitrogens with zero attached hydrogens (tertiary/aromatic N) is 2. The summed E-state index contributed by atoms with van der Waals surface area (Å²) in [5.41, 5.74) is 0.937. The summed E-state index contributed by atoms with van der Waals surface area (Å²) in [4.78, 5) is 36.6. The smallest absolute Gasteiger partial charge is 0.339 e. The topological polar surface area (TPSA) is 124 Å². The minimum absolute atomic E-state index is 0.0400. The van der Waals surface area contributed by atoms with Crippen molar-refractivity contribution < 1.29 is 27.1 Å². The Kier molecular flexibility index (Phi) is 7.60. The lowest BCUT2D eigenvalue weighted by Gasteiger charge is -2.14. The fraction of sp³-hybridized carbons (Fsp3) is 0.0833. The molecule has 2 amide bonds. The molecule has 1 aliphatic rings. The maximum absolute atomic E-state index is 12.8. The predicted molar refractivity (Wildman–Crippen MR) is 140 cm³/mol. The van der Waals surface area contributed by atoms with Gasteiger partial charge in [-0.1, -0.05) is 47.5 Å². The second-order valence-corrected chi connectivity index (χ2v) is 11.1. The van der Waals surface area contributed by atoms with E-state index in [1.165, 1.54) is 49.4 Å². The molecule has 0 saturated carbocycles. The van der Waals surface area contributed by atoms with Crippen molar-refractivity contribution in [2.45, 2.75) is 18.4 Å². The summed E-state index contributed by atoms with van der Waals surface area (Å²) in [6.07, 6.45) is 1.49. The molecule has 0 N–H and O–H groups in total. The standard InChI is InChI=1S/C24H16Cl2N2O7S2/c1-14-5-10-17(12-21(14)28(31)32)37(33,34)35-16-8-6-15(7-9-16)11-22-23(29)27(24(30)36-22)13-18-19(25)3-2-4-20(18)26/h2-12H,13H2,1H3/b22-11-. The van der Waals surface area contributed by atoms with Crippen LogP contribution in [0.3, 0.4) is 0 Å². The first-order valence-electron chi connectivity index (χ1n) is 10.4. The third-order valence-corrected chi connectivity index (χ3v) is 8.16. The number of imide groups is 1. The van der Waals surface area contributed by atoms with Crippen LogP contribution in [0.15, 0.2) is 70.5 Å². The molecule has 0 unspecified atom stereocenters. The van der Waals surface area contributed by atoms with E-state index in [0.29, 0.717) is 26.7 Å².